The highest BCUT2D eigenvalue weighted by Gasteiger charge is 2.28. The Labute approximate surface area is 193 Å². The van der Waals surface area contributed by atoms with Crippen LogP contribution in [-0.2, 0) is 23.2 Å². The van der Waals surface area contributed by atoms with Crippen LogP contribution in [0.4, 0.5) is 4.79 Å². The zero-order chi connectivity index (χ0) is 23.4. The summed E-state index contributed by atoms with van der Waals surface area (Å²) in [5.74, 6) is 0.105. The lowest BCUT2D eigenvalue weighted by Gasteiger charge is -2.29. The van der Waals surface area contributed by atoms with E-state index < -0.39 is 5.97 Å². The molecule has 0 bridgehead atoms. The van der Waals surface area contributed by atoms with Gasteiger partial charge in [-0.2, -0.15) is 5.10 Å². The summed E-state index contributed by atoms with van der Waals surface area (Å²) in [5, 5.41) is 13.6. The molecule has 0 aromatic carbocycles. The molecule has 9 heteroatoms. The Hall–Kier alpha value is -3.10. The fourth-order valence-corrected chi connectivity index (χ4v) is 4.50. The number of carbonyl (C=O) groups excluding carboxylic acids is 1. The zero-order valence-electron chi connectivity index (χ0n) is 19.3. The SMILES string of the molecule is CN(CC1CCC1)C(=O)OCc1c(-c2ccc(O[C@H]3CCC[C@H](C(=O)O)C3)cn2)cnn1C. The number of nitrogens with zero attached hydrogens (tertiary/aromatic N) is 4. The molecule has 0 unspecified atom stereocenters. The Morgan fingerprint density at radius 3 is 2.64 bits per heavy atom. The molecule has 2 aliphatic carbocycles. The molecule has 2 aromatic heterocycles. The van der Waals surface area contributed by atoms with E-state index in [1.165, 1.54) is 19.3 Å². The largest absolute Gasteiger partial charge is 0.489 e. The van der Waals surface area contributed by atoms with Crippen molar-refractivity contribution >= 4 is 12.1 Å². The smallest absolute Gasteiger partial charge is 0.409 e. The molecule has 2 aliphatic rings. The first-order valence-corrected chi connectivity index (χ1v) is 11.7. The Morgan fingerprint density at radius 2 is 1.97 bits per heavy atom. The molecule has 2 atom stereocenters. The predicted molar refractivity (Wildman–Crippen MR) is 121 cm³/mol. The molecular weight excluding hydrogens is 424 g/mol. The van der Waals surface area contributed by atoms with E-state index in [9.17, 15) is 14.7 Å². The zero-order valence-corrected chi connectivity index (χ0v) is 19.3. The Balaban J connectivity index is 1.36. The number of rotatable bonds is 8. The van der Waals surface area contributed by atoms with E-state index in [4.69, 9.17) is 9.47 Å². The van der Waals surface area contributed by atoms with Crippen LogP contribution in [0.3, 0.4) is 0 Å². The number of pyridine rings is 1. The minimum atomic E-state index is -0.754. The van der Waals surface area contributed by atoms with Crippen LogP contribution in [-0.4, -0.2) is 56.5 Å². The van der Waals surface area contributed by atoms with Gasteiger partial charge in [0, 0.05) is 26.2 Å². The van der Waals surface area contributed by atoms with Crippen LogP contribution in [0, 0.1) is 11.8 Å². The average molecular weight is 457 g/mol. The van der Waals surface area contributed by atoms with Crippen LogP contribution < -0.4 is 4.74 Å². The molecule has 33 heavy (non-hydrogen) atoms. The summed E-state index contributed by atoms with van der Waals surface area (Å²) in [4.78, 5) is 29.8. The molecule has 178 valence electrons. The minimum absolute atomic E-state index is 0.109. The first-order valence-electron chi connectivity index (χ1n) is 11.7. The lowest BCUT2D eigenvalue weighted by molar-refractivity contribution is -0.143. The van der Waals surface area contributed by atoms with Crippen LogP contribution >= 0.6 is 0 Å². The van der Waals surface area contributed by atoms with Gasteiger partial charge in [-0.15, -0.1) is 0 Å². The van der Waals surface area contributed by atoms with Crippen LogP contribution in [0.2, 0.25) is 0 Å². The molecule has 2 fully saturated rings. The first-order chi connectivity index (χ1) is 15.9. The number of carboxylic acid groups (broad SMARTS) is 1. The predicted octanol–water partition coefficient (Wildman–Crippen LogP) is 3.87. The number of aryl methyl sites for hydroxylation is 1. The number of amides is 1. The molecule has 9 nitrogen and oxygen atoms in total. The van der Waals surface area contributed by atoms with Crippen molar-refractivity contribution in [2.24, 2.45) is 18.9 Å². The third-order valence-corrected chi connectivity index (χ3v) is 6.75. The summed E-state index contributed by atoms with van der Waals surface area (Å²) in [7, 11) is 3.58. The number of ether oxygens (including phenoxy) is 2. The molecular formula is C24H32N4O5. The van der Waals surface area contributed by atoms with Gasteiger partial charge in [-0.25, -0.2) is 4.79 Å². The van der Waals surface area contributed by atoms with Gasteiger partial charge >= 0.3 is 12.1 Å². The van der Waals surface area contributed by atoms with Crippen LogP contribution in [0.5, 0.6) is 5.75 Å². The van der Waals surface area contributed by atoms with Crippen LogP contribution in [0.1, 0.15) is 50.6 Å². The van der Waals surface area contributed by atoms with E-state index in [2.05, 4.69) is 10.1 Å². The summed E-state index contributed by atoms with van der Waals surface area (Å²) in [6, 6.07) is 3.68. The monoisotopic (exact) mass is 456 g/mol. The van der Waals surface area contributed by atoms with Crippen LogP contribution in [0.15, 0.2) is 24.5 Å². The van der Waals surface area contributed by atoms with Gasteiger partial charge in [0.15, 0.2) is 0 Å². The van der Waals surface area contributed by atoms with Gasteiger partial charge in [-0.05, 0) is 56.6 Å². The van der Waals surface area contributed by atoms with E-state index in [-0.39, 0.29) is 24.7 Å². The lowest BCUT2D eigenvalue weighted by Crippen LogP contribution is -2.34. The average Bonchev–Trinajstić information content (AvgIpc) is 3.15. The second-order valence-corrected chi connectivity index (χ2v) is 9.18. The maximum atomic E-state index is 12.4. The fourth-order valence-electron chi connectivity index (χ4n) is 4.50. The van der Waals surface area contributed by atoms with Gasteiger partial charge in [-0.3, -0.25) is 14.5 Å². The number of carboxylic acids is 1. The second-order valence-electron chi connectivity index (χ2n) is 9.18. The third kappa shape index (κ3) is 5.64. The Bertz CT molecular complexity index is 970. The first kappa shape index (κ1) is 23.1. The molecule has 1 N–H and O–H groups in total. The Kier molecular flexibility index (Phi) is 7.15. The van der Waals surface area contributed by atoms with Crippen molar-refractivity contribution in [1.29, 1.82) is 0 Å². The van der Waals surface area contributed by atoms with Crippen LogP contribution in [0.25, 0.3) is 11.3 Å². The normalized spacial score (nSPS) is 20.7. The van der Waals surface area contributed by atoms with Crippen molar-refractivity contribution < 1.29 is 24.2 Å². The standard InChI is InChI=1S/C24H32N4O5/c1-27(14-16-5-3-6-16)24(31)32-15-22-20(13-26-28(22)2)21-10-9-19(12-25-21)33-18-8-4-7-17(11-18)23(29)30/h9-10,12-13,16-18H,3-8,11,14-15H2,1-2H3,(H,29,30)/t17-,18-/m0/s1. The van der Waals surface area contributed by atoms with Crippen molar-refractivity contribution in [3.63, 3.8) is 0 Å². The lowest BCUT2D eigenvalue weighted by atomic mass is 9.85. The Morgan fingerprint density at radius 1 is 1.18 bits per heavy atom. The summed E-state index contributed by atoms with van der Waals surface area (Å²) in [6.45, 7) is 0.840. The molecule has 0 aliphatic heterocycles. The second kappa shape index (κ2) is 10.2. The summed E-state index contributed by atoms with van der Waals surface area (Å²) >= 11 is 0. The van der Waals surface area contributed by atoms with Crippen molar-refractivity contribution in [3.05, 3.63) is 30.2 Å². The maximum absolute atomic E-state index is 12.4. The van der Waals surface area contributed by atoms with Crippen molar-refractivity contribution in [1.82, 2.24) is 19.7 Å². The highest BCUT2D eigenvalue weighted by atomic mass is 16.6. The van der Waals surface area contributed by atoms with Crippen molar-refractivity contribution in [2.75, 3.05) is 13.6 Å². The van der Waals surface area contributed by atoms with Gasteiger partial charge in [-0.1, -0.05) is 6.42 Å². The number of aromatic nitrogens is 3. The number of hydrogen-bond donors (Lipinski definition) is 1. The van der Waals surface area contributed by atoms with Gasteiger partial charge in [0.2, 0.25) is 0 Å². The van der Waals surface area contributed by atoms with Gasteiger partial charge in [0.1, 0.15) is 12.4 Å². The van der Waals surface area contributed by atoms with E-state index in [0.29, 0.717) is 30.2 Å². The van der Waals surface area contributed by atoms with E-state index >= 15 is 0 Å². The van der Waals surface area contributed by atoms with Gasteiger partial charge < -0.3 is 19.5 Å². The quantitative estimate of drug-likeness (QED) is 0.642. The molecule has 0 saturated heterocycles. The van der Waals surface area contributed by atoms with E-state index in [1.807, 2.05) is 19.2 Å². The molecule has 2 heterocycles. The van der Waals surface area contributed by atoms with Crippen molar-refractivity contribution in [2.45, 2.75) is 57.7 Å². The third-order valence-electron chi connectivity index (χ3n) is 6.75. The topological polar surface area (TPSA) is 107 Å². The molecule has 1 amide bonds. The highest BCUT2D eigenvalue weighted by Crippen LogP contribution is 2.30. The minimum Gasteiger partial charge on any atom is -0.489 e. The fraction of sp³-hybridized carbons (Fsp3) is 0.583. The van der Waals surface area contributed by atoms with E-state index in [0.717, 1.165) is 30.6 Å². The van der Waals surface area contributed by atoms with Gasteiger partial charge in [0.25, 0.3) is 0 Å². The summed E-state index contributed by atoms with van der Waals surface area (Å²) in [6.07, 6.45) is 9.42. The van der Waals surface area contributed by atoms with E-state index in [1.54, 1.807) is 29.0 Å². The molecule has 2 saturated carbocycles. The van der Waals surface area contributed by atoms with Gasteiger partial charge in [0.05, 0.1) is 35.8 Å². The summed E-state index contributed by atoms with van der Waals surface area (Å²) < 4.78 is 13.2. The number of carbonyl (C=O) groups is 2. The number of aliphatic carboxylic acids is 1. The number of hydrogen-bond acceptors (Lipinski definition) is 6. The molecule has 0 spiro atoms. The maximum Gasteiger partial charge on any atom is 0.409 e. The highest BCUT2D eigenvalue weighted by molar-refractivity contribution is 5.70. The molecule has 0 radical (unpaired) electrons. The summed E-state index contributed by atoms with van der Waals surface area (Å²) in [5.41, 5.74) is 2.26. The molecule has 4 rings (SSSR count). The molecule has 2 aromatic rings. The van der Waals surface area contributed by atoms with Crippen molar-refractivity contribution in [3.8, 4) is 17.0 Å².